The summed E-state index contributed by atoms with van der Waals surface area (Å²) in [5.74, 6) is -0.790. The van der Waals surface area contributed by atoms with Crippen LogP contribution >= 0.6 is 0 Å². The van der Waals surface area contributed by atoms with Gasteiger partial charge in [0, 0.05) is 30.4 Å². The van der Waals surface area contributed by atoms with Crippen LogP contribution < -0.4 is 4.90 Å². The van der Waals surface area contributed by atoms with E-state index in [2.05, 4.69) is 0 Å². The highest BCUT2D eigenvalue weighted by molar-refractivity contribution is 5.77. The van der Waals surface area contributed by atoms with Gasteiger partial charge in [-0.2, -0.15) is 0 Å². The second-order valence-electron chi connectivity index (χ2n) is 4.31. The smallest absolute Gasteiger partial charge is 0.150 e. The van der Waals surface area contributed by atoms with E-state index in [0.29, 0.717) is 24.1 Å². The molecule has 0 amide bonds. The molecule has 0 aliphatic rings. The molecule has 0 N–H and O–H groups in total. The van der Waals surface area contributed by atoms with Crippen molar-refractivity contribution in [3.05, 3.63) is 65.2 Å². The second-order valence-corrected chi connectivity index (χ2v) is 4.31. The summed E-state index contributed by atoms with van der Waals surface area (Å²) in [6, 6.07) is 10.5. The van der Waals surface area contributed by atoms with Crippen molar-refractivity contribution in [2.45, 2.75) is 6.54 Å². The van der Waals surface area contributed by atoms with Crippen LogP contribution in [0.3, 0.4) is 0 Å². The number of anilines is 1. The summed E-state index contributed by atoms with van der Waals surface area (Å²) in [7, 11) is 1.72. The molecule has 0 radical (unpaired) electrons. The maximum absolute atomic E-state index is 13.5. The van der Waals surface area contributed by atoms with E-state index >= 15 is 0 Å². The first-order chi connectivity index (χ1) is 9.10. The number of hydrogen-bond acceptors (Lipinski definition) is 2. The summed E-state index contributed by atoms with van der Waals surface area (Å²) in [5, 5.41) is 0. The number of benzene rings is 2. The SMILES string of the molecule is CN(Cc1ccccc1F)c1cc(F)cc(C=O)c1. The Morgan fingerprint density at radius 3 is 2.58 bits per heavy atom. The zero-order valence-corrected chi connectivity index (χ0v) is 10.4. The molecule has 0 heterocycles. The summed E-state index contributed by atoms with van der Waals surface area (Å²) in [6.45, 7) is 0.300. The van der Waals surface area contributed by atoms with Crippen molar-refractivity contribution in [3.63, 3.8) is 0 Å². The standard InChI is InChI=1S/C15H13F2NO/c1-18(9-12-4-2-3-5-15(12)17)14-7-11(10-19)6-13(16)8-14/h2-8,10H,9H2,1H3. The molecule has 2 rings (SSSR count). The van der Waals surface area contributed by atoms with Gasteiger partial charge in [-0.25, -0.2) is 8.78 Å². The van der Waals surface area contributed by atoms with Gasteiger partial charge in [0.15, 0.2) is 0 Å². The van der Waals surface area contributed by atoms with Gasteiger partial charge in [0.25, 0.3) is 0 Å². The van der Waals surface area contributed by atoms with Crippen molar-refractivity contribution < 1.29 is 13.6 Å². The van der Waals surface area contributed by atoms with Crippen molar-refractivity contribution in [1.82, 2.24) is 0 Å². The van der Waals surface area contributed by atoms with E-state index in [-0.39, 0.29) is 11.4 Å². The zero-order chi connectivity index (χ0) is 13.8. The number of halogens is 2. The fraction of sp³-hybridized carbons (Fsp3) is 0.133. The van der Waals surface area contributed by atoms with Crippen molar-refractivity contribution >= 4 is 12.0 Å². The third kappa shape index (κ3) is 3.16. The van der Waals surface area contributed by atoms with Crippen molar-refractivity contribution in [3.8, 4) is 0 Å². The fourth-order valence-electron chi connectivity index (χ4n) is 1.86. The van der Waals surface area contributed by atoms with E-state index < -0.39 is 5.82 Å². The molecular weight excluding hydrogens is 248 g/mol. The zero-order valence-electron chi connectivity index (χ0n) is 10.4. The maximum atomic E-state index is 13.5. The van der Waals surface area contributed by atoms with Gasteiger partial charge in [0.2, 0.25) is 0 Å². The minimum atomic E-state index is -0.486. The highest BCUT2D eigenvalue weighted by Crippen LogP contribution is 2.19. The van der Waals surface area contributed by atoms with Gasteiger partial charge < -0.3 is 4.90 Å². The Bertz CT molecular complexity index is 598. The molecule has 0 fully saturated rings. The second kappa shape index (κ2) is 5.61. The first-order valence-electron chi connectivity index (χ1n) is 5.80. The molecule has 0 spiro atoms. The van der Waals surface area contributed by atoms with Crippen molar-refractivity contribution in [2.24, 2.45) is 0 Å². The first kappa shape index (κ1) is 13.2. The summed E-state index contributed by atoms with van der Waals surface area (Å²) in [6.07, 6.45) is 0.587. The van der Waals surface area contributed by atoms with Crippen LogP contribution in [0.15, 0.2) is 42.5 Å². The van der Waals surface area contributed by atoms with Crippen LogP contribution in [0.1, 0.15) is 15.9 Å². The lowest BCUT2D eigenvalue weighted by atomic mass is 10.1. The Morgan fingerprint density at radius 1 is 1.16 bits per heavy atom. The van der Waals surface area contributed by atoms with E-state index in [0.717, 1.165) is 6.07 Å². The lowest BCUT2D eigenvalue weighted by molar-refractivity contribution is 0.112. The molecule has 0 aliphatic carbocycles. The van der Waals surface area contributed by atoms with Gasteiger partial charge in [-0.1, -0.05) is 18.2 Å². The van der Waals surface area contributed by atoms with Crippen LogP contribution in [0.2, 0.25) is 0 Å². The molecule has 2 nitrogen and oxygen atoms in total. The molecule has 2 aromatic carbocycles. The topological polar surface area (TPSA) is 20.3 Å². The average molecular weight is 261 g/mol. The molecule has 0 unspecified atom stereocenters. The van der Waals surface area contributed by atoms with Crippen LogP contribution in [0.4, 0.5) is 14.5 Å². The van der Waals surface area contributed by atoms with Crippen molar-refractivity contribution in [1.29, 1.82) is 0 Å². The Hall–Kier alpha value is -2.23. The lowest BCUT2D eigenvalue weighted by Crippen LogP contribution is -2.17. The van der Waals surface area contributed by atoms with Gasteiger partial charge >= 0.3 is 0 Å². The monoisotopic (exact) mass is 261 g/mol. The molecular formula is C15H13F2NO. The summed E-state index contributed by atoms with van der Waals surface area (Å²) in [5.41, 5.74) is 1.31. The molecule has 0 bridgehead atoms. The summed E-state index contributed by atoms with van der Waals surface area (Å²) in [4.78, 5) is 12.4. The number of rotatable bonds is 4. The van der Waals surface area contributed by atoms with E-state index in [4.69, 9.17) is 0 Å². The predicted octanol–water partition coefficient (Wildman–Crippen LogP) is 3.41. The number of hydrogen-bond donors (Lipinski definition) is 0. The molecule has 0 atom stereocenters. The quantitative estimate of drug-likeness (QED) is 0.786. The number of carbonyl (C=O) groups excluding carboxylic acids is 1. The highest BCUT2D eigenvalue weighted by atomic mass is 19.1. The third-order valence-electron chi connectivity index (χ3n) is 2.85. The molecule has 0 aromatic heterocycles. The van der Waals surface area contributed by atoms with E-state index in [1.54, 1.807) is 36.2 Å². The van der Waals surface area contributed by atoms with Crippen LogP contribution in [-0.4, -0.2) is 13.3 Å². The summed E-state index contributed by atoms with van der Waals surface area (Å²) >= 11 is 0. The Balaban J connectivity index is 2.25. The summed E-state index contributed by atoms with van der Waals surface area (Å²) < 4.78 is 26.9. The van der Waals surface area contributed by atoms with Gasteiger partial charge in [0.05, 0.1) is 0 Å². The fourth-order valence-corrected chi connectivity index (χ4v) is 1.86. The normalized spacial score (nSPS) is 10.3. The van der Waals surface area contributed by atoms with Crippen LogP contribution in [0, 0.1) is 11.6 Å². The predicted molar refractivity (Wildman–Crippen MR) is 70.3 cm³/mol. The van der Waals surface area contributed by atoms with Crippen LogP contribution in [0.5, 0.6) is 0 Å². The number of aldehydes is 1. The van der Waals surface area contributed by atoms with Gasteiger partial charge in [0.1, 0.15) is 17.9 Å². The van der Waals surface area contributed by atoms with E-state index in [1.807, 2.05) is 0 Å². The molecule has 0 saturated carbocycles. The van der Waals surface area contributed by atoms with E-state index in [9.17, 15) is 13.6 Å². The lowest BCUT2D eigenvalue weighted by Gasteiger charge is -2.20. The van der Waals surface area contributed by atoms with Gasteiger partial charge in [-0.05, 0) is 24.3 Å². The maximum Gasteiger partial charge on any atom is 0.150 e. The molecule has 4 heteroatoms. The van der Waals surface area contributed by atoms with Crippen LogP contribution in [0.25, 0.3) is 0 Å². The van der Waals surface area contributed by atoms with E-state index in [1.165, 1.54) is 12.1 Å². The molecule has 19 heavy (non-hydrogen) atoms. The number of carbonyl (C=O) groups is 1. The third-order valence-corrected chi connectivity index (χ3v) is 2.85. The minimum Gasteiger partial charge on any atom is -0.370 e. The number of nitrogens with zero attached hydrogens (tertiary/aromatic N) is 1. The average Bonchev–Trinajstić information content (AvgIpc) is 2.40. The first-order valence-corrected chi connectivity index (χ1v) is 5.80. The Labute approximate surface area is 110 Å². The molecule has 2 aromatic rings. The Kier molecular flexibility index (Phi) is 3.90. The highest BCUT2D eigenvalue weighted by Gasteiger charge is 2.08. The molecule has 0 aliphatic heterocycles. The largest absolute Gasteiger partial charge is 0.370 e. The van der Waals surface area contributed by atoms with Gasteiger partial charge in [-0.15, -0.1) is 0 Å². The van der Waals surface area contributed by atoms with Gasteiger partial charge in [-0.3, -0.25) is 4.79 Å². The molecule has 0 saturated heterocycles. The van der Waals surface area contributed by atoms with Crippen LogP contribution in [-0.2, 0) is 6.54 Å². The Morgan fingerprint density at radius 2 is 1.89 bits per heavy atom. The minimum absolute atomic E-state index is 0.260. The van der Waals surface area contributed by atoms with Crippen molar-refractivity contribution in [2.75, 3.05) is 11.9 Å². The molecule has 98 valence electrons.